The molecule has 19 heavy (non-hydrogen) atoms. The van der Waals surface area contributed by atoms with Crippen molar-refractivity contribution in [2.75, 3.05) is 13.2 Å². The molecule has 1 atom stereocenters. The zero-order valence-corrected chi connectivity index (χ0v) is 11.7. The number of hydrogen-bond donors (Lipinski definition) is 3. The third-order valence-electron chi connectivity index (χ3n) is 3.16. The van der Waals surface area contributed by atoms with Crippen LogP contribution in [0.25, 0.3) is 0 Å². The summed E-state index contributed by atoms with van der Waals surface area (Å²) in [6.45, 7) is 4.66. The molecule has 0 heterocycles. The quantitative estimate of drug-likeness (QED) is 0.690. The van der Waals surface area contributed by atoms with E-state index in [0.29, 0.717) is 19.4 Å². The molecular weight excluding hydrogens is 240 g/mol. The maximum Gasteiger partial charge on any atom is 0.237 e. The van der Waals surface area contributed by atoms with Crippen molar-refractivity contribution >= 4 is 5.91 Å². The highest BCUT2D eigenvalue weighted by atomic mass is 16.3. The van der Waals surface area contributed by atoms with E-state index < -0.39 is 6.04 Å². The topological polar surface area (TPSA) is 75.3 Å². The summed E-state index contributed by atoms with van der Waals surface area (Å²) < 4.78 is 0. The Balaban J connectivity index is 2.41. The summed E-state index contributed by atoms with van der Waals surface area (Å²) in [5, 5.41) is 11.8. The molecule has 0 bridgehead atoms. The van der Waals surface area contributed by atoms with Crippen molar-refractivity contribution in [2.24, 2.45) is 11.1 Å². The van der Waals surface area contributed by atoms with Crippen LogP contribution in [0.5, 0.6) is 0 Å². The molecule has 0 spiro atoms. The van der Waals surface area contributed by atoms with Gasteiger partial charge in [0.1, 0.15) is 0 Å². The molecule has 1 unspecified atom stereocenters. The average molecular weight is 264 g/mol. The van der Waals surface area contributed by atoms with Crippen molar-refractivity contribution in [2.45, 2.75) is 32.7 Å². The highest BCUT2D eigenvalue weighted by Crippen LogP contribution is 2.17. The number of amides is 1. The van der Waals surface area contributed by atoms with Crippen LogP contribution in [0.1, 0.15) is 25.8 Å². The van der Waals surface area contributed by atoms with E-state index in [1.807, 2.05) is 44.2 Å². The molecule has 1 rings (SSSR count). The van der Waals surface area contributed by atoms with Crippen molar-refractivity contribution in [3.05, 3.63) is 35.9 Å². The molecule has 4 N–H and O–H groups in total. The fourth-order valence-electron chi connectivity index (χ4n) is 1.81. The van der Waals surface area contributed by atoms with E-state index in [1.54, 1.807) is 0 Å². The number of hydrogen-bond acceptors (Lipinski definition) is 3. The Labute approximate surface area is 115 Å². The fourth-order valence-corrected chi connectivity index (χ4v) is 1.81. The zero-order chi connectivity index (χ0) is 14.3. The lowest BCUT2D eigenvalue weighted by Gasteiger charge is -2.24. The number of carbonyl (C=O) groups is 1. The van der Waals surface area contributed by atoms with Gasteiger partial charge in [-0.1, -0.05) is 44.2 Å². The van der Waals surface area contributed by atoms with Crippen molar-refractivity contribution in [1.29, 1.82) is 0 Å². The Morgan fingerprint density at radius 3 is 2.58 bits per heavy atom. The molecule has 0 saturated carbocycles. The second-order valence-corrected chi connectivity index (χ2v) is 5.65. The number of benzene rings is 1. The van der Waals surface area contributed by atoms with Crippen molar-refractivity contribution in [3.63, 3.8) is 0 Å². The number of aliphatic hydroxyl groups excluding tert-OH is 1. The monoisotopic (exact) mass is 264 g/mol. The van der Waals surface area contributed by atoms with Crippen LogP contribution in [0.4, 0.5) is 0 Å². The minimum atomic E-state index is -0.535. The molecule has 0 aliphatic rings. The van der Waals surface area contributed by atoms with Crippen LogP contribution >= 0.6 is 0 Å². The summed E-state index contributed by atoms with van der Waals surface area (Å²) in [5.41, 5.74) is 6.83. The number of nitrogens with two attached hydrogens (primary N) is 1. The minimum absolute atomic E-state index is 0.114. The molecule has 4 nitrogen and oxygen atoms in total. The van der Waals surface area contributed by atoms with Gasteiger partial charge in [-0.3, -0.25) is 4.79 Å². The summed E-state index contributed by atoms with van der Waals surface area (Å²) in [5.74, 6) is -0.144. The standard InChI is InChI=1S/C15H24N2O2/c1-15(2,8-9-18)11-17-14(19)13(16)10-12-6-4-3-5-7-12/h3-7,13,18H,8-11,16H2,1-2H3,(H,17,19). The molecule has 0 fully saturated rings. The molecule has 1 amide bonds. The van der Waals surface area contributed by atoms with Crippen LogP contribution in [0, 0.1) is 5.41 Å². The van der Waals surface area contributed by atoms with E-state index in [2.05, 4.69) is 5.32 Å². The maximum absolute atomic E-state index is 11.9. The van der Waals surface area contributed by atoms with Gasteiger partial charge in [0.05, 0.1) is 6.04 Å². The van der Waals surface area contributed by atoms with E-state index in [4.69, 9.17) is 10.8 Å². The number of aliphatic hydroxyl groups is 1. The fraction of sp³-hybridized carbons (Fsp3) is 0.533. The second-order valence-electron chi connectivity index (χ2n) is 5.65. The SMILES string of the molecule is CC(C)(CCO)CNC(=O)C(N)Cc1ccccc1. The van der Waals surface area contributed by atoms with Gasteiger partial charge in [0.25, 0.3) is 0 Å². The summed E-state index contributed by atoms with van der Waals surface area (Å²) in [7, 11) is 0. The maximum atomic E-state index is 11.9. The molecule has 0 aromatic heterocycles. The van der Waals surface area contributed by atoms with Gasteiger partial charge in [0, 0.05) is 13.2 Å². The first-order chi connectivity index (χ1) is 8.94. The van der Waals surface area contributed by atoms with Gasteiger partial charge < -0.3 is 16.2 Å². The van der Waals surface area contributed by atoms with Crippen LogP contribution in [0.15, 0.2) is 30.3 Å². The Morgan fingerprint density at radius 1 is 1.37 bits per heavy atom. The first-order valence-electron chi connectivity index (χ1n) is 6.63. The average Bonchev–Trinajstić information content (AvgIpc) is 2.37. The zero-order valence-electron chi connectivity index (χ0n) is 11.7. The lowest BCUT2D eigenvalue weighted by atomic mass is 9.89. The van der Waals surface area contributed by atoms with E-state index in [9.17, 15) is 4.79 Å². The number of carbonyl (C=O) groups excluding carboxylic acids is 1. The van der Waals surface area contributed by atoms with Gasteiger partial charge in [-0.05, 0) is 23.8 Å². The molecule has 0 aliphatic carbocycles. The van der Waals surface area contributed by atoms with Crippen LogP contribution < -0.4 is 11.1 Å². The minimum Gasteiger partial charge on any atom is -0.396 e. The van der Waals surface area contributed by atoms with Crippen molar-refractivity contribution in [3.8, 4) is 0 Å². The van der Waals surface area contributed by atoms with Gasteiger partial charge >= 0.3 is 0 Å². The lowest BCUT2D eigenvalue weighted by Crippen LogP contribution is -2.45. The first kappa shape index (κ1) is 15.7. The predicted molar refractivity (Wildman–Crippen MR) is 76.6 cm³/mol. The third kappa shape index (κ3) is 5.85. The number of nitrogens with one attached hydrogen (secondary N) is 1. The van der Waals surface area contributed by atoms with Crippen LogP contribution in [-0.2, 0) is 11.2 Å². The Hall–Kier alpha value is -1.39. The van der Waals surface area contributed by atoms with Gasteiger partial charge in [-0.2, -0.15) is 0 Å². The first-order valence-corrected chi connectivity index (χ1v) is 6.63. The van der Waals surface area contributed by atoms with Gasteiger partial charge in [0.2, 0.25) is 5.91 Å². The highest BCUT2D eigenvalue weighted by Gasteiger charge is 2.20. The summed E-state index contributed by atoms with van der Waals surface area (Å²) in [6.07, 6.45) is 1.19. The number of rotatable bonds is 7. The normalized spacial score (nSPS) is 13.1. The molecular formula is C15H24N2O2. The van der Waals surface area contributed by atoms with E-state index in [-0.39, 0.29) is 17.9 Å². The Morgan fingerprint density at radius 2 is 2.00 bits per heavy atom. The van der Waals surface area contributed by atoms with Crippen molar-refractivity contribution in [1.82, 2.24) is 5.32 Å². The van der Waals surface area contributed by atoms with E-state index in [0.717, 1.165) is 5.56 Å². The van der Waals surface area contributed by atoms with Crippen LogP contribution in [0.2, 0.25) is 0 Å². The lowest BCUT2D eigenvalue weighted by molar-refractivity contribution is -0.122. The summed E-state index contributed by atoms with van der Waals surface area (Å²) >= 11 is 0. The molecule has 1 aromatic rings. The van der Waals surface area contributed by atoms with Gasteiger partial charge in [-0.15, -0.1) is 0 Å². The molecule has 0 radical (unpaired) electrons. The van der Waals surface area contributed by atoms with Crippen LogP contribution in [-0.4, -0.2) is 30.2 Å². The second kappa shape index (κ2) is 7.26. The van der Waals surface area contributed by atoms with Crippen LogP contribution in [0.3, 0.4) is 0 Å². The molecule has 0 aliphatic heterocycles. The molecule has 106 valence electrons. The van der Waals surface area contributed by atoms with Gasteiger partial charge in [0.15, 0.2) is 0 Å². The summed E-state index contributed by atoms with van der Waals surface area (Å²) in [6, 6.07) is 9.19. The smallest absolute Gasteiger partial charge is 0.237 e. The largest absolute Gasteiger partial charge is 0.396 e. The molecule has 0 saturated heterocycles. The highest BCUT2D eigenvalue weighted by molar-refractivity contribution is 5.81. The van der Waals surface area contributed by atoms with Crippen molar-refractivity contribution < 1.29 is 9.90 Å². The predicted octanol–water partition coefficient (Wildman–Crippen LogP) is 1.08. The van der Waals surface area contributed by atoms with Gasteiger partial charge in [-0.25, -0.2) is 0 Å². The summed E-state index contributed by atoms with van der Waals surface area (Å²) in [4.78, 5) is 11.9. The van der Waals surface area contributed by atoms with E-state index in [1.165, 1.54) is 0 Å². The Bertz CT molecular complexity index is 390. The van der Waals surface area contributed by atoms with E-state index >= 15 is 0 Å². The third-order valence-corrected chi connectivity index (χ3v) is 3.16. The molecule has 1 aromatic carbocycles. The molecule has 4 heteroatoms. The Kier molecular flexibility index (Phi) is 5.99.